The van der Waals surface area contributed by atoms with Crippen LogP contribution in [0.1, 0.15) is 30.2 Å². The molecule has 184 valence electrons. The Bertz CT molecular complexity index is 1450. The van der Waals surface area contributed by atoms with Gasteiger partial charge in [-0.3, -0.25) is 4.79 Å². The van der Waals surface area contributed by atoms with E-state index < -0.39 is 5.82 Å². The third-order valence-corrected chi connectivity index (χ3v) is 6.37. The number of allylic oxidation sites excluding steroid dienone is 1. The summed E-state index contributed by atoms with van der Waals surface area (Å²) in [7, 11) is 0. The van der Waals surface area contributed by atoms with Gasteiger partial charge in [0.1, 0.15) is 12.4 Å². The van der Waals surface area contributed by atoms with Gasteiger partial charge < -0.3 is 15.0 Å². The normalized spacial score (nSPS) is 11.8. The van der Waals surface area contributed by atoms with Gasteiger partial charge in [-0.2, -0.15) is 0 Å². The van der Waals surface area contributed by atoms with Gasteiger partial charge in [0.05, 0.1) is 22.3 Å². The molecular weight excluding hydrogens is 500 g/mol. The monoisotopic (exact) mass is 523 g/mol. The lowest BCUT2D eigenvalue weighted by atomic mass is 9.91. The Morgan fingerprint density at radius 3 is 2.67 bits per heavy atom. The quantitative estimate of drug-likeness (QED) is 0.182. The molecule has 4 aromatic rings. The van der Waals surface area contributed by atoms with Gasteiger partial charge in [-0.05, 0) is 47.9 Å². The topological polar surface area (TPSA) is 67.0 Å². The molecule has 0 aliphatic rings. The number of ether oxygens (including phenoxy) is 1. The predicted octanol–water partition coefficient (Wildman–Crippen LogP) is 7.06. The molecule has 0 spiro atoms. The smallest absolute Gasteiger partial charge is 0.243 e. The highest BCUT2D eigenvalue weighted by atomic mass is 35.5. The van der Waals surface area contributed by atoms with E-state index in [1.807, 2.05) is 37.3 Å². The lowest BCUT2D eigenvalue weighted by molar-refractivity contribution is -0.116. The molecule has 0 atom stereocenters. The molecule has 1 amide bonds. The minimum atomic E-state index is -0.406. The van der Waals surface area contributed by atoms with Gasteiger partial charge in [-0.15, -0.1) is 0 Å². The molecule has 4 rings (SSSR count). The van der Waals surface area contributed by atoms with Gasteiger partial charge in [0.15, 0.2) is 0 Å². The van der Waals surface area contributed by atoms with Crippen molar-refractivity contribution < 1.29 is 13.9 Å². The van der Waals surface area contributed by atoms with Crippen LogP contribution in [0.25, 0.3) is 22.0 Å². The van der Waals surface area contributed by atoms with E-state index >= 15 is 0 Å². The number of amides is 1. The number of halogens is 3. The van der Waals surface area contributed by atoms with Gasteiger partial charge >= 0.3 is 0 Å². The van der Waals surface area contributed by atoms with Crippen LogP contribution in [0.2, 0.25) is 10.0 Å². The summed E-state index contributed by atoms with van der Waals surface area (Å²) in [4.78, 5) is 19.2. The van der Waals surface area contributed by atoms with E-state index in [0.29, 0.717) is 34.5 Å². The SMILES string of the molecule is C=CC(=O)NCCOc1ccc(/C(=C(/CC)c2ccc(F)cc2Cl)c2[nH]c3ccccc3c2Cl)cn1. The molecule has 2 aromatic carbocycles. The van der Waals surface area contributed by atoms with Crippen molar-refractivity contribution in [2.45, 2.75) is 13.3 Å². The molecule has 2 aromatic heterocycles. The van der Waals surface area contributed by atoms with Gasteiger partial charge in [-0.25, -0.2) is 9.37 Å². The lowest BCUT2D eigenvalue weighted by Gasteiger charge is -2.17. The Labute approximate surface area is 218 Å². The highest BCUT2D eigenvalue weighted by Gasteiger charge is 2.21. The van der Waals surface area contributed by atoms with Crippen LogP contribution in [0.3, 0.4) is 0 Å². The van der Waals surface area contributed by atoms with E-state index in [-0.39, 0.29) is 12.5 Å². The molecular formula is C28H24Cl2FN3O2. The second kappa shape index (κ2) is 11.4. The molecule has 0 bridgehead atoms. The Kier molecular flexibility index (Phi) is 8.08. The molecule has 0 saturated heterocycles. The largest absolute Gasteiger partial charge is 0.476 e. The van der Waals surface area contributed by atoms with Gasteiger partial charge in [0.25, 0.3) is 0 Å². The van der Waals surface area contributed by atoms with Crippen LogP contribution in [0.5, 0.6) is 5.88 Å². The van der Waals surface area contributed by atoms with Crippen LogP contribution >= 0.6 is 23.2 Å². The molecule has 0 aliphatic heterocycles. The summed E-state index contributed by atoms with van der Waals surface area (Å²) in [6.07, 6.45) is 3.50. The van der Waals surface area contributed by atoms with Gasteiger partial charge in [0.2, 0.25) is 11.8 Å². The van der Waals surface area contributed by atoms with E-state index in [4.69, 9.17) is 27.9 Å². The number of nitrogens with zero attached hydrogens (tertiary/aromatic N) is 1. The summed E-state index contributed by atoms with van der Waals surface area (Å²) in [6, 6.07) is 15.8. The third-order valence-electron chi connectivity index (χ3n) is 5.67. The Morgan fingerprint density at radius 1 is 1.19 bits per heavy atom. The summed E-state index contributed by atoms with van der Waals surface area (Å²) in [6.45, 7) is 6.01. The Morgan fingerprint density at radius 2 is 2.00 bits per heavy atom. The van der Waals surface area contributed by atoms with E-state index in [0.717, 1.165) is 33.3 Å². The minimum absolute atomic E-state index is 0.258. The summed E-state index contributed by atoms with van der Waals surface area (Å²) in [5.74, 6) is -0.262. The zero-order chi connectivity index (χ0) is 25.7. The number of aromatic amines is 1. The average molecular weight is 524 g/mol. The summed E-state index contributed by atoms with van der Waals surface area (Å²) in [5, 5.41) is 4.42. The number of fused-ring (bicyclic) bond motifs is 1. The maximum atomic E-state index is 13.8. The molecule has 0 aliphatic carbocycles. The number of hydrogen-bond acceptors (Lipinski definition) is 3. The average Bonchev–Trinajstić information content (AvgIpc) is 3.22. The minimum Gasteiger partial charge on any atom is -0.476 e. The fourth-order valence-corrected chi connectivity index (χ4v) is 4.59. The summed E-state index contributed by atoms with van der Waals surface area (Å²) in [5.41, 5.74) is 4.81. The number of nitrogens with one attached hydrogen (secondary N) is 2. The van der Waals surface area contributed by atoms with Crippen LogP contribution < -0.4 is 10.1 Å². The fraction of sp³-hybridized carbons (Fsp3) is 0.143. The van der Waals surface area contributed by atoms with E-state index in [1.165, 1.54) is 18.2 Å². The molecule has 0 fully saturated rings. The number of carbonyl (C=O) groups is 1. The van der Waals surface area contributed by atoms with E-state index in [2.05, 4.69) is 21.9 Å². The molecule has 36 heavy (non-hydrogen) atoms. The zero-order valence-electron chi connectivity index (χ0n) is 19.6. The fourth-order valence-electron chi connectivity index (χ4n) is 4.00. The van der Waals surface area contributed by atoms with Gasteiger partial charge in [0, 0.05) is 34.3 Å². The number of para-hydroxylation sites is 1. The number of rotatable bonds is 9. The lowest BCUT2D eigenvalue weighted by Crippen LogP contribution is -2.26. The van der Waals surface area contributed by atoms with Crippen molar-refractivity contribution in [2.75, 3.05) is 13.2 Å². The number of hydrogen-bond donors (Lipinski definition) is 2. The van der Waals surface area contributed by atoms with Crippen molar-refractivity contribution in [2.24, 2.45) is 0 Å². The first kappa shape index (κ1) is 25.5. The predicted molar refractivity (Wildman–Crippen MR) is 144 cm³/mol. The second-order valence-corrected chi connectivity index (χ2v) is 8.70. The van der Waals surface area contributed by atoms with Crippen LogP contribution in [0.15, 0.2) is 73.4 Å². The summed E-state index contributed by atoms with van der Waals surface area (Å²) < 4.78 is 19.5. The zero-order valence-corrected chi connectivity index (χ0v) is 21.1. The number of benzene rings is 2. The van der Waals surface area contributed by atoms with Crippen molar-refractivity contribution in [3.63, 3.8) is 0 Å². The number of carbonyl (C=O) groups excluding carboxylic acids is 1. The first-order valence-electron chi connectivity index (χ1n) is 11.4. The molecule has 2 N–H and O–H groups in total. The third kappa shape index (κ3) is 5.45. The first-order valence-corrected chi connectivity index (χ1v) is 12.1. The van der Waals surface area contributed by atoms with E-state index in [1.54, 1.807) is 18.3 Å². The van der Waals surface area contributed by atoms with Crippen molar-refractivity contribution in [3.05, 3.63) is 106 Å². The Balaban J connectivity index is 1.78. The molecule has 2 heterocycles. The van der Waals surface area contributed by atoms with Crippen LogP contribution in [-0.2, 0) is 4.79 Å². The highest BCUT2D eigenvalue weighted by Crippen LogP contribution is 2.41. The molecule has 5 nitrogen and oxygen atoms in total. The Hall–Kier alpha value is -3.61. The van der Waals surface area contributed by atoms with Crippen LogP contribution in [-0.4, -0.2) is 29.0 Å². The number of H-pyrrole nitrogens is 1. The first-order chi connectivity index (χ1) is 17.4. The highest BCUT2D eigenvalue weighted by molar-refractivity contribution is 6.38. The van der Waals surface area contributed by atoms with Crippen LogP contribution in [0.4, 0.5) is 4.39 Å². The maximum Gasteiger partial charge on any atom is 0.243 e. The van der Waals surface area contributed by atoms with Crippen molar-refractivity contribution in [1.29, 1.82) is 0 Å². The standard InChI is InChI=1S/C28H24Cl2FN3O2/c1-3-19(20-11-10-18(31)15-22(20)29)26(28-27(30)21-7-5-6-8-23(21)34-28)17-9-12-25(33-16-17)36-14-13-32-24(35)4-2/h4-12,15-16,34H,2-3,13-14H2,1H3,(H,32,35)/b26-19+. The second-order valence-electron chi connectivity index (χ2n) is 7.92. The molecule has 8 heteroatoms. The van der Waals surface area contributed by atoms with Crippen molar-refractivity contribution in [1.82, 2.24) is 15.3 Å². The molecule has 0 saturated carbocycles. The molecule has 0 radical (unpaired) electrons. The number of pyridine rings is 1. The van der Waals surface area contributed by atoms with Crippen LogP contribution in [0, 0.1) is 5.82 Å². The van der Waals surface area contributed by atoms with E-state index in [9.17, 15) is 9.18 Å². The van der Waals surface area contributed by atoms with Gasteiger partial charge in [-0.1, -0.05) is 61.0 Å². The maximum absolute atomic E-state index is 13.8. The number of aromatic nitrogens is 2. The molecule has 0 unspecified atom stereocenters. The van der Waals surface area contributed by atoms with Crippen molar-refractivity contribution >= 4 is 51.2 Å². The van der Waals surface area contributed by atoms with Crippen molar-refractivity contribution in [3.8, 4) is 5.88 Å². The summed E-state index contributed by atoms with van der Waals surface area (Å²) >= 11 is 13.3.